The van der Waals surface area contributed by atoms with Gasteiger partial charge in [0.15, 0.2) is 5.96 Å². The monoisotopic (exact) mass is 453 g/mol. The van der Waals surface area contributed by atoms with Gasteiger partial charge in [0.25, 0.3) is 0 Å². The van der Waals surface area contributed by atoms with Gasteiger partial charge < -0.3 is 15.4 Å². The Bertz CT molecular complexity index is 452. The predicted molar refractivity (Wildman–Crippen MR) is 110 cm³/mol. The molecule has 1 atom stereocenters. The number of halogens is 2. The summed E-state index contributed by atoms with van der Waals surface area (Å²) in [6, 6.07) is 7.80. The van der Waals surface area contributed by atoms with Crippen molar-refractivity contribution in [3.05, 3.63) is 34.9 Å². The Morgan fingerprint density at radius 2 is 1.87 bits per heavy atom. The van der Waals surface area contributed by atoms with Gasteiger partial charge in [0.05, 0.1) is 6.10 Å². The number of hydrogen-bond donors (Lipinski definition) is 2. The molecule has 132 valence electrons. The molecule has 0 amide bonds. The molecule has 4 nitrogen and oxygen atoms in total. The first-order chi connectivity index (χ1) is 10.6. The Labute approximate surface area is 162 Å². The Balaban J connectivity index is 0.00000484. The van der Waals surface area contributed by atoms with Gasteiger partial charge in [0.2, 0.25) is 0 Å². The summed E-state index contributed by atoms with van der Waals surface area (Å²) >= 11 is 5.88. The maximum atomic E-state index is 5.88. The van der Waals surface area contributed by atoms with Crippen LogP contribution in [-0.2, 0) is 11.3 Å². The Hall–Kier alpha value is -0.530. The van der Waals surface area contributed by atoms with Crippen LogP contribution in [0.25, 0.3) is 0 Å². The highest BCUT2D eigenvalue weighted by molar-refractivity contribution is 14.0. The van der Waals surface area contributed by atoms with Gasteiger partial charge in [-0.1, -0.05) is 37.6 Å². The molecule has 0 aliphatic rings. The normalized spacial score (nSPS) is 12.7. The first kappa shape index (κ1) is 22.5. The fourth-order valence-corrected chi connectivity index (χ4v) is 2.29. The van der Waals surface area contributed by atoms with Crippen molar-refractivity contribution in [3.63, 3.8) is 0 Å². The molecule has 1 unspecified atom stereocenters. The topological polar surface area (TPSA) is 45.6 Å². The second-order valence-electron chi connectivity index (χ2n) is 5.51. The van der Waals surface area contributed by atoms with Crippen molar-refractivity contribution < 1.29 is 4.74 Å². The molecule has 0 bridgehead atoms. The summed E-state index contributed by atoms with van der Waals surface area (Å²) in [5.41, 5.74) is 1.17. The molecule has 0 spiro atoms. The van der Waals surface area contributed by atoms with E-state index in [4.69, 9.17) is 16.3 Å². The van der Waals surface area contributed by atoms with Crippen LogP contribution in [0.1, 0.15) is 32.8 Å². The molecule has 0 radical (unpaired) electrons. The SMILES string of the molecule is CCOC(CCNC(=NC)NCc1ccc(Cl)cc1)C(C)C.I. The lowest BCUT2D eigenvalue weighted by molar-refractivity contribution is 0.0258. The fraction of sp³-hybridized carbons (Fsp3) is 0.588. The number of benzene rings is 1. The molecule has 1 aromatic rings. The smallest absolute Gasteiger partial charge is 0.191 e. The van der Waals surface area contributed by atoms with Crippen LogP contribution < -0.4 is 10.6 Å². The number of ether oxygens (including phenoxy) is 1. The molecular weight excluding hydrogens is 425 g/mol. The van der Waals surface area contributed by atoms with E-state index in [1.165, 1.54) is 5.56 Å². The Morgan fingerprint density at radius 3 is 2.39 bits per heavy atom. The van der Waals surface area contributed by atoms with E-state index in [9.17, 15) is 0 Å². The molecule has 0 aromatic heterocycles. The minimum absolute atomic E-state index is 0. The maximum Gasteiger partial charge on any atom is 0.191 e. The molecule has 0 heterocycles. The summed E-state index contributed by atoms with van der Waals surface area (Å²) in [5.74, 6) is 1.32. The third-order valence-electron chi connectivity index (χ3n) is 3.44. The van der Waals surface area contributed by atoms with Crippen molar-refractivity contribution in [2.24, 2.45) is 10.9 Å². The molecule has 0 saturated heterocycles. The third-order valence-corrected chi connectivity index (χ3v) is 3.69. The second kappa shape index (κ2) is 12.8. The van der Waals surface area contributed by atoms with E-state index in [2.05, 4.69) is 29.5 Å². The summed E-state index contributed by atoms with van der Waals surface area (Å²) in [4.78, 5) is 4.24. The Kier molecular flexibility index (Phi) is 12.5. The average Bonchev–Trinajstić information content (AvgIpc) is 2.51. The van der Waals surface area contributed by atoms with Crippen LogP contribution in [0.2, 0.25) is 5.02 Å². The Morgan fingerprint density at radius 1 is 1.22 bits per heavy atom. The average molecular weight is 454 g/mol. The first-order valence-corrected chi connectivity index (χ1v) is 8.25. The third kappa shape index (κ3) is 9.37. The second-order valence-corrected chi connectivity index (χ2v) is 5.94. The lowest BCUT2D eigenvalue weighted by Crippen LogP contribution is -2.38. The van der Waals surface area contributed by atoms with Gasteiger partial charge in [-0.25, -0.2) is 0 Å². The van der Waals surface area contributed by atoms with Crippen LogP contribution in [0, 0.1) is 5.92 Å². The van der Waals surface area contributed by atoms with E-state index in [-0.39, 0.29) is 30.1 Å². The van der Waals surface area contributed by atoms with Crippen LogP contribution in [0.15, 0.2) is 29.3 Å². The van der Waals surface area contributed by atoms with Gasteiger partial charge in [-0.3, -0.25) is 4.99 Å². The number of nitrogens with one attached hydrogen (secondary N) is 2. The molecular formula is C17H29ClIN3O. The van der Waals surface area contributed by atoms with Crippen LogP contribution in [0.3, 0.4) is 0 Å². The van der Waals surface area contributed by atoms with Crippen LogP contribution in [0.5, 0.6) is 0 Å². The largest absolute Gasteiger partial charge is 0.378 e. The van der Waals surface area contributed by atoms with Crippen molar-refractivity contribution in [2.45, 2.75) is 39.8 Å². The van der Waals surface area contributed by atoms with E-state index in [0.717, 1.165) is 37.1 Å². The maximum absolute atomic E-state index is 5.88. The number of guanidine groups is 1. The highest BCUT2D eigenvalue weighted by atomic mass is 127. The summed E-state index contributed by atoms with van der Waals surface area (Å²) < 4.78 is 5.75. The van der Waals surface area contributed by atoms with Crippen molar-refractivity contribution in [3.8, 4) is 0 Å². The van der Waals surface area contributed by atoms with Gasteiger partial charge in [0.1, 0.15) is 0 Å². The molecule has 0 fully saturated rings. The molecule has 1 rings (SSSR count). The first-order valence-electron chi connectivity index (χ1n) is 7.87. The summed E-state index contributed by atoms with van der Waals surface area (Å²) in [6.45, 7) is 8.72. The molecule has 23 heavy (non-hydrogen) atoms. The highest BCUT2D eigenvalue weighted by Gasteiger charge is 2.12. The highest BCUT2D eigenvalue weighted by Crippen LogP contribution is 2.10. The van der Waals surface area contributed by atoms with Crippen LogP contribution in [0.4, 0.5) is 0 Å². The predicted octanol–water partition coefficient (Wildman–Crippen LogP) is 4.07. The van der Waals surface area contributed by atoms with Crippen molar-refractivity contribution in [1.29, 1.82) is 0 Å². The molecule has 0 aliphatic carbocycles. The number of nitrogens with zero attached hydrogens (tertiary/aromatic N) is 1. The van der Waals surface area contributed by atoms with Gasteiger partial charge in [-0.15, -0.1) is 24.0 Å². The molecule has 2 N–H and O–H groups in total. The summed E-state index contributed by atoms with van der Waals surface area (Å²) in [7, 11) is 1.78. The number of aliphatic imine (C=N–C) groups is 1. The summed E-state index contributed by atoms with van der Waals surface area (Å²) in [5, 5.41) is 7.37. The zero-order valence-electron chi connectivity index (χ0n) is 14.4. The number of rotatable bonds is 8. The fourth-order valence-electron chi connectivity index (χ4n) is 2.16. The van der Waals surface area contributed by atoms with Crippen molar-refractivity contribution >= 4 is 41.5 Å². The van der Waals surface area contributed by atoms with Crippen molar-refractivity contribution in [1.82, 2.24) is 10.6 Å². The molecule has 0 saturated carbocycles. The van der Waals surface area contributed by atoms with E-state index in [1.54, 1.807) is 7.05 Å². The quantitative estimate of drug-likeness (QED) is 0.354. The number of hydrogen-bond acceptors (Lipinski definition) is 2. The molecule has 6 heteroatoms. The standard InChI is InChI=1S/C17H28ClN3O.HI/c1-5-22-16(13(2)3)10-11-20-17(19-4)21-12-14-6-8-15(18)9-7-14;/h6-9,13,16H,5,10-12H2,1-4H3,(H2,19,20,21);1H. The molecule has 1 aromatic carbocycles. The van der Waals surface area contributed by atoms with E-state index >= 15 is 0 Å². The molecule has 0 aliphatic heterocycles. The van der Waals surface area contributed by atoms with Gasteiger partial charge in [-0.05, 0) is 37.0 Å². The zero-order valence-corrected chi connectivity index (χ0v) is 17.5. The van der Waals surface area contributed by atoms with Crippen LogP contribution in [-0.4, -0.2) is 32.3 Å². The van der Waals surface area contributed by atoms with Gasteiger partial charge >= 0.3 is 0 Å². The lowest BCUT2D eigenvalue weighted by atomic mass is 10.0. The van der Waals surface area contributed by atoms with Gasteiger partial charge in [0, 0.05) is 31.8 Å². The zero-order chi connectivity index (χ0) is 16.4. The lowest BCUT2D eigenvalue weighted by Gasteiger charge is -2.21. The van der Waals surface area contributed by atoms with E-state index < -0.39 is 0 Å². The van der Waals surface area contributed by atoms with E-state index in [0.29, 0.717) is 5.92 Å². The van der Waals surface area contributed by atoms with Gasteiger partial charge in [-0.2, -0.15) is 0 Å². The summed E-state index contributed by atoms with van der Waals surface area (Å²) in [6.07, 6.45) is 1.25. The minimum Gasteiger partial charge on any atom is -0.378 e. The van der Waals surface area contributed by atoms with Crippen LogP contribution >= 0.6 is 35.6 Å². The minimum atomic E-state index is 0. The van der Waals surface area contributed by atoms with Crippen molar-refractivity contribution in [2.75, 3.05) is 20.2 Å². The van der Waals surface area contributed by atoms with E-state index in [1.807, 2.05) is 31.2 Å².